The third-order valence-corrected chi connectivity index (χ3v) is 14.8. The number of rotatable bonds is 27. The first-order valence-corrected chi connectivity index (χ1v) is 29.5. The van der Waals surface area contributed by atoms with E-state index in [2.05, 4.69) is 226 Å². The van der Waals surface area contributed by atoms with Gasteiger partial charge in [-0.2, -0.15) is 0 Å². The second kappa shape index (κ2) is 26.4. The van der Waals surface area contributed by atoms with Crippen molar-refractivity contribution in [1.29, 1.82) is 0 Å². The molecule has 4 aromatic carbocycles. The zero-order valence-corrected chi connectivity index (χ0v) is 50.0. The minimum absolute atomic E-state index is 0.654. The molecule has 11 nitrogen and oxygen atoms in total. The standard InChI is InChI=1S/C70H88N7O4/c1-11-12-13-14-15-16-47-78-55-28-20-51(21-29-55)67-59-36-38-61(71-59)68(52-22-30-56(31-23-52)79-48-17-44-75(2,3)4)63-40-42-65(73-63)70(54-26-34-58(35-27-54)81-50-19-46-77(8,9)10)66-43-41-64(74-66)69(62-39-37-60(67)72-62)53-24-32-57(33-25-53)80-49-18-45-76(5,6)7/h20-43,71,74H,11-19,44-50H2,1-10H3/q+3. The van der Waals surface area contributed by atoms with Gasteiger partial charge in [0.25, 0.3) is 0 Å². The van der Waals surface area contributed by atoms with Crippen LogP contribution in [0.2, 0.25) is 0 Å². The van der Waals surface area contributed by atoms with Crippen molar-refractivity contribution in [2.75, 3.05) is 109 Å². The molecule has 0 aliphatic carbocycles. The molecule has 2 aliphatic rings. The topological polar surface area (TPSA) is 94.3 Å². The molecule has 7 aromatic rings. The van der Waals surface area contributed by atoms with Crippen LogP contribution in [-0.4, -0.2) is 143 Å². The highest BCUT2D eigenvalue weighted by atomic mass is 16.5. The Morgan fingerprint density at radius 2 is 0.556 bits per heavy atom. The van der Waals surface area contributed by atoms with E-state index in [1.54, 1.807) is 0 Å². The maximum atomic E-state index is 6.31. The maximum Gasteiger partial charge on any atom is 0.119 e. The predicted molar refractivity (Wildman–Crippen MR) is 339 cm³/mol. The van der Waals surface area contributed by atoms with E-state index < -0.39 is 0 Å². The highest BCUT2D eigenvalue weighted by Crippen LogP contribution is 2.40. The first kappa shape index (κ1) is 58.2. The summed E-state index contributed by atoms with van der Waals surface area (Å²) in [5, 5.41) is 0. The minimum Gasteiger partial charge on any atom is -0.494 e. The molecule has 0 amide bonds. The summed E-state index contributed by atoms with van der Waals surface area (Å²) in [7, 11) is 19.9. The summed E-state index contributed by atoms with van der Waals surface area (Å²) >= 11 is 0. The molecule has 0 saturated carbocycles. The summed E-state index contributed by atoms with van der Waals surface area (Å²) in [4.78, 5) is 19.0. The SMILES string of the molecule is CCCCCCCCOc1ccc(-c2c3nc(c(-c4ccc(OCCC[N+](C)(C)C)cc4)c4ccc([nH]4)c(-c4ccc(OCCC[N+](C)(C)C)cc4)c4nc(c(-c5ccc(OCCC[N+](C)(C)C)cc5)c5ccc2[nH]5)C=C4)C=C3)cc1. The Bertz CT molecular complexity index is 3360. The van der Waals surface area contributed by atoms with Crippen molar-refractivity contribution in [3.05, 3.63) is 144 Å². The Labute approximate surface area is 482 Å². The van der Waals surface area contributed by atoms with Gasteiger partial charge in [0, 0.05) is 63.6 Å². The van der Waals surface area contributed by atoms with Gasteiger partial charge in [-0.1, -0.05) is 87.6 Å². The van der Waals surface area contributed by atoms with Crippen LogP contribution in [0.15, 0.2) is 121 Å². The van der Waals surface area contributed by atoms with Crippen LogP contribution in [0.4, 0.5) is 0 Å². The van der Waals surface area contributed by atoms with Crippen LogP contribution in [0.5, 0.6) is 23.0 Å². The van der Waals surface area contributed by atoms with Gasteiger partial charge in [-0.15, -0.1) is 0 Å². The van der Waals surface area contributed by atoms with Gasteiger partial charge in [-0.25, -0.2) is 9.97 Å². The number of ether oxygens (including phenoxy) is 4. The summed E-state index contributed by atoms with van der Waals surface area (Å²) in [6, 6.07) is 42.6. The number of hydrogen-bond donors (Lipinski definition) is 2. The number of aromatic amines is 2. The van der Waals surface area contributed by atoms with Gasteiger partial charge in [0.2, 0.25) is 0 Å². The Morgan fingerprint density at radius 3 is 0.815 bits per heavy atom. The van der Waals surface area contributed by atoms with Crippen molar-refractivity contribution in [3.63, 3.8) is 0 Å². The number of quaternary nitrogens is 3. The van der Waals surface area contributed by atoms with E-state index in [0.29, 0.717) is 26.4 Å². The molecule has 5 heterocycles. The molecule has 0 unspecified atom stereocenters. The molecule has 2 N–H and O–H groups in total. The lowest BCUT2D eigenvalue weighted by atomic mass is 10.0. The first-order chi connectivity index (χ1) is 39.0. The number of nitrogens with one attached hydrogen (secondary N) is 2. The summed E-state index contributed by atoms with van der Waals surface area (Å²) in [5.41, 5.74) is 15.1. The maximum absolute atomic E-state index is 6.31. The molecule has 0 atom stereocenters. The molecule has 2 aliphatic heterocycles. The molecular formula is C70H88N7O4+3. The zero-order valence-electron chi connectivity index (χ0n) is 50.0. The van der Waals surface area contributed by atoms with Gasteiger partial charge in [0.15, 0.2) is 0 Å². The number of benzene rings is 4. The molecule has 3 aromatic heterocycles. The summed E-state index contributed by atoms with van der Waals surface area (Å²) in [5.74, 6) is 3.39. The second-order valence-corrected chi connectivity index (χ2v) is 24.9. The van der Waals surface area contributed by atoms with E-state index in [1.165, 1.54) is 32.1 Å². The first-order valence-electron chi connectivity index (χ1n) is 29.5. The quantitative estimate of drug-likeness (QED) is 0.0394. The molecule has 0 fully saturated rings. The summed E-state index contributed by atoms with van der Waals surface area (Å²) in [6.07, 6.45) is 18.8. The number of fused-ring (bicyclic) bond motifs is 8. The fourth-order valence-corrected chi connectivity index (χ4v) is 10.6. The van der Waals surface area contributed by atoms with Crippen molar-refractivity contribution >= 4 is 46.4 Å². The Kier molecular flexibility index (Phi) is 19.0. The van der Waals surface area contributed by atoms with Gasteiger partial charge in [-0.3, -0.25) is 0 Å². The van der Waals surface area contributed by atoms with Crippen molar-refractivity contribution in [2.45, 2.75) is 64.7 Å². The monoisotopic (exact) mass is 1090 g/mol. The van der Waals surface area contributed by atoms with Crippen LogP contribution in [0.3, 0.4) is 0 Å². The smallest absolute Gasteiger partial charge is 0.119 e. The molecule has 0 saturated heterocycles. The fourth-order valence-electron chi connectivity index (χ4n) is 10.6. The molecule has 9 rings (SSSR count). The largest absolute Gasteiger partial charge is 0.494 e. The lowest BCUT2D eigenvalue weighted by Crippen LogP contribution is -2.36. The van der Waals surface area contributed by atoms with Gasteiger partial charge in [0.05, 0.1) is 132 Å². The molecule has 0 radical (unpaired) electrons. The Morgan fingerprint density at radius 1 is 0.309 bits per heavy atom. The molecule has 8 bridgehead atoms. The average molecular weight is 1090 g/mol. The molecular weight excluding hydrogens is 1000 g/mol. The number of unbranched alkanes of at least 4 members (excludes halogenated alkanes) is 5. The minimum atomic E-state index is 0.654. The zero-order chi connectivity index (χ0) is 57.0. The van der Waals surface area contributed by atoms with Crippen molar-refractivity contribution < 1.29 is 32.4 Å². The number of H-pyrrole nitrogens is 2. The highest BCUT2D eigenvalue weighted by molar-refractivity contribution is 6.00. The van der Waals surface area contributed by atoms with Crippen LogP contribution in [0, 0.1) is 0 Å². The molecule has 0 spiro atoms. The highest BCUT2D eigenvalue weighted by Gasteiger charge is 2.20. The molecule has 424 valence electrons. The van der Waals surface area contributed by atoms with Crippen LogP contribution in [0.25, 0.3) is 90.9 Å². The van der Waals surface area contributed by atoms with E-state index in [0.717, 1.165) is 171 Å². The predicted octanol–water partition coefficient (Wildman–Crippen LogP) is 15.5. The van der Waals surface area contributed by atoms with Gasteiger partial charge in [-0.05, 0) is 126 Å². The lowest BCUT2D eigenvalue weighted by Gasteiger charge is -2.23. The van der Waals surface area contributed by atoms with E-state index >= 15 is 0 Å². The van der Waals surface area contributed by atoms with E-state index in [-0.39, 0.29) is 0 Å². The number of nitrogens with zero attached hydrogens (tertiary/aromatic N) is 5. The van der Waals surface area contributed by atoms with Crippen molar-refractivity contribution in [2.24, 2.45) is 0 Å². The van der Waals surface area contributed by atoms with E-state index in [9.17, 15) is 0 Å². The average Bonchev–Trinajstić information content (AvgIpc) is 4.51. The van der Waals surface area contributed by atoms with Crippen molar-refractivity contribution in [1.82, 2.24) is 19.9 Å². The van der Waals surface area contributed by atoms with Gasteiger partial charge >= 0.3 is 0 Å². The van der Waals surface area contributed by atoms with Crippen molar-refractivity contribution in [3.8, 4) is 67.5 Å². The van der Waals surface area contributed by atoms with Crippen LogP contribution in [-0.2, 0) is 0 Å². The van der Waals surface area contributed by atoms with Crippen LogP contribution in [0.1, 0.15) is 87.5 Å². The van der Waals surface area contributed by atoms with Gasteiger partial charge < -0.3 is 42.4 Å². The molecule has 11 heteroatoms. The normalized spacial score (nSPS) is 12.5. The Hall–Kier alpha value is -7.44. The summed E-state index contributed by atoms with van der Waals surface area (Å²) in [6.45, 7) is 8.03. The fraction of sp³-hybridized carbons (Fsp3) is 0.371. The van der Waals surface area contributed by atoms with Crippen LogP contribution >= 0.6 is 0 Å². The third kappa shape index (κ3) is 16.2. The second-order valence-electron chi connectivity index (χ2n) is 24.9. The lowest BCUT2D eigenvalue weighted by molar-refractivity contribution is -0.870. The number of hydrogen-bond acceptors (Lipinski definition) is 6. The number of aromatic nitrogens is 4. The van der Waals surface area contributed by atoms with E-state index in [4.69, 9.17) is 28.9 Å². The van der Waals surface area contributed by atoms with Crippen LogP contribution < -0.4 is 18.9 Å². The Balaban J connectivity index is 1.21. The summed E-state index contributed by atoms with van der Waals surface area (Å²) < 4.78 is 27.9. The van der Waals surface area contributed by atoms with E-state index in [1.807, 2.05) is 0 Å². The molecule has 81 heavy (non-hydrogen) atoms. The van der Waals surface area contributed by atoms with Gasteiger partial charge in [0.1, 0.15) is 23.0 Å². The third-order valence-electron chi connectivity index (χ3n) is 14.8.